The summed E-state index contributed by atoms with van der Waals surface area (Å²) in [6.07, 6.45) is 0.875. The summed E-state index contributed by atoms with van der Waals surface area (Å²) in [7, 11) is 0. The maximum atomic E-state index is 11.6. The minimum absolute atomic E-state index is 0.0301. The van der Waals surface area contributed by atoms with Gasteiger partial charge in [0.15, 0.2) is 5.75 Å². The Morgan fingerprint density at radius 2 is 1.92 bits per heavy atom. The van der Waals surface area contributed by atoms with Crippen molar-refractivity contribution in [1.82, 2.24) is 0 Å². The van der Waals surface area contributed by atoms with Crippen molar-refractivity contribution in [3.63, 3.8) is 0 Å². The molecule has 2 aromatic carbocycles. The lowest BCUT2D eigenvalue weighted by Gasteiger charge is -2.39. The number of anilines is 1. The SMILES string of the molecule is CCOc1cccc(N2CCC(O)(c3ccccc3Cl)CC2)c1[N+](=O)[O-]. The first-order valence-corrected chi connectivity index (χ1v) is 8.96. The summed E-state index contributed by atoms with van der Waals surface area (Å²) < 4.78 is 5.42. The van der Waals surface area contributed by atoms with Gasteiger partial charge in [0.2, 0.25) is 0 Å². The van der Waals surface area contributed by atoms with Gasteiger partial charge in [-0.3, -0.25) is 10.1 Å². The molecule has 0 aliphatic carbocycles. The van der Waals surface area contributed by atoms with Gasteiger partial charge in [-0.1, -0.05) is 35.9 Å². The first-order valence-electron chi connectivity index (χ1n) is 8.59. The fourth-order valence-electron chi connectivity index (χ4n) is 3.45. The lowest BCUT2D eigenvalue weighted by atomic mass is 9.84. The van der Waals surface area contributed by atoms with Crippen LogP contribution in [-0.4, -0.2) is 29.7 Å². The van der Waals surface area contributed by atoms with E-state index in [0.717, 1.165) is 0 Å². The van der Waals surface area contributed by atoms with Crippen LogP contribution >= 0.6 is 11.6 Å². The molecule has 1 aliphatic rings. The highest BCUT2D eigenvalue weighted by molar-refractivity contribution is 6.31. The van der Waals surface area contributed by atoms with Gasteiger partial charge >= 0.3 is 5.69 Å². The molecule has 3 rings (SSSR count). The number of piperidine rings is 1. The zero-order chi connectivity index (χ0) is 18.7. The molecule has 1 aliphatic heterocycles. The van der Waals surface area contributed by atoms with Crippen molar-refractivity contribution < 1.29 is 14.8 Å². The normalized spacial score (nSPS) is 16.3. The fourth-order valence-corrected chi connectivity index (χ4v) is 3.76. The predicted octanol–water partition coefficient (Wildman–Crippen LogP) is 4.13. The third-order valence-corrected chi connectivity index (χ3v) is 5.10. The van der Waals surface area contributed by atoms with Crippen molar-refractivity contribution in [3.8, 4) is 5.75 Å². The number of hydrogen-bond donors (Lipinski definition) is 1. The molecule has 1 N–H and O–H groups in total. The van der Waals surface area contributed by atoms with Crippen molar-refractivity contribution in [2.75, 3.05) is 24.6 Å². The van der Waals surface area contributed by atoms with Crippen LogP contribution in [0.3, 0.4) is 0 Å². The molecule has 0 atom stereocenters. The van der Waals surface area contributed by atoms with Crippen LogP contribution in [0.5, 0.6) is 5.75 Å². The highest BCUT2D eigenvalue weighted by Gasteiger charge is 2.37. The molecule has 0 radical (unpaired) electrons. The molecule has 7 heteroatoms. The van der Waals surface area contributed by atoms with E-state index in [4.69, 9.17) is 16.3 Å². The largest absolute Gasteiger partial charge is 0.487 e. The summed E-state index contributed by atoms with van der Waals surface area (Å²) in [5.41, 5.74) is 0.166. The van der Waals surface area contributed by atoms with E-state index >= 15 is 0 Å². The number of rotatable bonds is 5. The minimum Gasteiger partial charge on any atom is -0.487 e. The second kappa shape index (κ2) is 7.51. The average Bonchev–Trinajstić information content (AvgIpc) is 2.62. The Bertz CT molecular complexity index is 804. The number of aliphatic hydroxyl groups is 1. The van der Waals surface area contributed by atoms with Gasteiger partial charge in [-0.2, -0.15) is 0 Å². The van der Waals surface area contributed by atoms with E-state index in [-0.39, 0.29) is 11.4 Å². The molecule has 2 aromatic rings. The van der Waals surface area contributed by atoms with Crippen molar-refractivity contribution in [1.29, 1.82) is 0 Å². The van der Waals surface area contributed by atoms with Gasteiger partial charge in [0.05, 0.1) is 17.1 Å². The number of hydrogen-bond acceptors (Lipinski definition) is 5. The van der Waals surface area contributed by atoms with Crippen molar-refractivity contribution in [3.05, 3.63) is 63.2 Å². The summed E-state index contributed by atoms with van der Waals surface area (Å²) in [6, 6.07) is 12.3. The van der Waals surface area contributed by atoms with Crippen LogP contribution < -0.4 is 9.64 Å². The zero-order valence-electron chi connectivity index (χ0n) is 14.5. The summed E-state index contributed by atoms with van der Waals surface area (Å²) in [5.74, 6) is 0.266. The quantitative estimate of drug-likeness (QED) is 0.627. The summed E-state index contributed by atoms with van der Waals surface area (Å²) in [6.45, 7) is 3.12. The van der Waals surface area contributed by atoms with Gasteiger partial charge in [0, 0.05) is 23.7 Å². The summed E-state index contributed by atoms with van der Waals surface area (Å²) >= 11 is 6.24. The number of nitro benzene ring substituents is 1. The Hall–Kier alpha value is -2.31. The fraction of sp³-hybridized carbons (Fsp3) is 0.368. The monoisotopic (exact) mass is 376 g/mol. The highest BCUT2D eigenvalue weighted by Crippen LogP contribution is 2.42. The van der Waals surface area contributed by atoms with Gasteiger partial charge in [-0.25, -0.2) is 0 Å². The number of halogens is 1. The molecule has 6 nitrogen and oxygen atoms in total. The molecule has 0 unspecified atom stereocenters. The van der Waals surface area contributed by atoms with Crippen molar-refractivity contribution in [2.45, 2.75) is 25.4 Å². The van der Waals surface area contributed by atoms with Gasteiger partial charge < -0.3 is 14.7 Å². The zero-order valence-corrected chi connectivity index (χ0v) is 15.3. The smallest absolute Gasteiger partial charge is 0.333 e. The third-order valence-electron chi connectivity index (χ3n) is 4.77. The summed E-state index contributed by atoms with van der Waals surface area (Å²) in [4.78, 5) is 13.1. The lowest BCUT2D eigenvalue weighted by Crippen LogP contribution is -2.43. The van der Waals surface area contributed by atoms with E-state index in [1.807, 2.05) is 23.1 Å². The first-order chi connectivity index (χ1) is 12.5. The first kappa shape index (κ1) is 18.5. The molecule has 0 saturated carbocycles. The highest BCUT2D eigenvalue weighted by atomic mass is 35.5. The molecular formula is C19H21ClN2O4. The van der Waals surface area contributed by atoms with Crippen LogP contribution in [0.1, 0.15) is 25.3 Å². The second-order valence-corrected chi connectivity index (χ2v) is 6.72. The number of para-hydroxylation sites is 1. The maximum Gasteiger partial charge on any atom is 0.333 e. The van der Waals surface area contributed by atoms with Gasteiger partial charge in [0.1, 0.15) is 5.69 Å². The molecule has 1 heterocycles. The Balaban J connectivity index is 1.86. The number of nitro groups is 1. The van der Waals surface area contributed by atoms with Crippen LogP contribution in [0.4, 0.5) is 11.4 Å². The Kier molecular flexibility index (Phi) is 5.34. The van der Waals surface area contributed by atoms with Crippen molar-refractivity contribution >= 4 is 23.0 Å². The van der Waals surface area contributed by atoms with Crippen LogP contribution in [-0.2, 0) is 5.60 Å². The Labute approximate surface area is 157 Å². The molecule has 0 bridgehead atoms. The van der Waals surface area contributed by atoms with E-state index in [9.17, 15) is 15.2 Å². The molecule has 0 spiro atoms. The lowest BCUT2D eigenvalue weighted by molar-refractivity contribution is -0.385. The molecule has 0 aromatic heterocycles. The van der Waals surface area contributed by atoms with Crippen LogP contribution in [0.2, 0.25) is 5.02 Å². The van der Waals surface area contributed by atoms with E-state index in [2.05, 4.69) is 0 Å². The van der Waals surface area contributed by atoms with E-state index in [0.29, 0.717) is 48.8 Å². The number of nitrogens with zero attached hydrogens (tertiary/aromatic N) is 2. The molecule has 138 valence electrons. The van der Waals surface area contributed by atoms with Crippen LogP contribution in [0.15, 0.2) is 42.5 Å². The predicted molar refractivity (Wildman–Crippen MR) is 101 cm³/mol. The van der Waals surface area contributed by atoms with E-state index in [1.54, 1.807) is 31.2 Å². The molecule has 0 amide bonds. The minimum atomic E-state index is -1.03. The Morgan fingerprint density at radius 1 is 1.23 bits per heavy atom. The molecule has 26 heavy (non-hydrogen) atoms. The average molecular weight is 377 g/mol. The molecule has 1 fully saturated rings. The standard InChI is InChI=1S/C19H21ClN2O4/c1-2-26-17-9-5-8-16(18(17)22(24)25)21-12-10-19(23,11-13-21)14-6-3-4-7-15(14)20/h3-9,23H,2,10-13H2,1H3. The molecular weight excluding hydrogens is 356 g/mol. The summed E-state index contributed by atoms with van der Waals surface area (Å²) in [5, 5.41) is 23.2. The van der Waals surface area contributed by atoms with Gasteiger partial charge in [-0.05, 0) is 38.0 Å². The number of ether oxygens (including phenoxy) is 1. The van der Waals surface area contributed by atoms with Gasteiger partial charge in [-0.15, -0.1) is 0 Å². The maximum absolute atomic E-state index is 11.6. The molecule has 1 saturated heterocycles. The third kappa shape index (κ3) is 3.48. The van der Waals surface area contributed by atoms with Crippen LogP contribution in [0, 0.1) is 10.1 Å². The number of benzene rings is 2. The van der Waals surface area contributed by atoms with E-state index in [1.165, 1.54) is 0 Å². The Morgan fingerprint density at radius 3 is 2.54 bits per heavy atom. The topological polar surface area (TPSA) is 75.8 Å². The van der Waals surface area contributed by atoms with E-state index < -0.39 is 10.5 Å². The second-order valence-electron chi connectivity index (χ2n) is 6.31. The van der Waals surface area contributed by atoms with Gasteiger partial charge in [0.25, 0.3) is 0 Å². The van der Waals surface area contributed by atoms with Crippen molar-refractivity contribution in [2.24, 2.45) is 0 Å². The van der Waals surface area contributed by atoms with Crippen LogP contribution in [0.25, 0.3) is 0 Å².